The maximum atomic E-state index is 11.8. The van der Waals surface area contributed by atoms with Crippen molar-refractivity contribution < 1.29 is 9.53 Å². The molecule has 2 heterocycles. The second-order valence-electron chi connectivity index (χ2n) is 4.06. The zero-order chi connectivity index (χ0) is 13.9. The third kappa shape index (κ3) is 2.46. The number of H-pyrrole nitrogens is 1. The number of fused-ring (bicyclic) bond motifs is 1. The van der Waals surface area contributed by atoms with Gasteiger partial charge in [-0.1, -0.05) is 12.1 Å². The fraction of sp³-hybridized carbons (Fsp3) is 0.0714. The van der Waals surface area contributed by atoms with Crippen LogP contribution in [0.15, 0.2) is 47.4 Å². The van der Waals surface area contributed by atoms with Crippen molar-refractivity contribution in [3.63, 3.8) is 0 Å². The van der Waals surface area contributed by atoms with Gasteiger partial charge in [0.1, 0.15) is 17.2 Å². The van der Waals surface area contributed by atoms with Crippen LogP contribution in [0, 0.1) is 0 Å². The van der Waals surface area contributed by atoms with E-state index in [1.807, 2.05) is 24.3 Å². The van der Waals surface area contributed by atoms with E-state index in [4.69, 9.17) is 4.74 Å². The van der Waals surface area contributed by atoms with Crippen molar-refractivity contribution >= 4 is 27.5 Å². The van der Waals surface area contributed by atoms with E-state index < -0.39 is 11.5 Å². The Labute approximate surface area is 117 Å². The standard InChI is InChI=1S/C14H10N2O3S/c17-13-9(4-3-7-15-13)14(18)19-8-12-16-10-5-1-2-6-11(10)20-12/h1-7H,8H2,(H,15,17). The lowest BCUT2D eigenvalue weighted by Gasteiger charge is -2.01. The van der Waals surface area contributed by atoms with Gasteiger partial charge in [-0.25, -0.2) is 9.78 Å². The molecule has 0 saturated heterocycles. The number of pyridine rings is 1. The van der Waals surface area contributed by atoms with E-state index in [1.54, 1.807) is 6.07 Å². The number of hydrogen-bond acceptors (Lipinski definition) is 5. The Balaban J connectivity index is 1.75. The van der Waals surface area contributed by atoms with E-state index in [-0.39, 0.29) is 12.2 Å². The average molecular weight is 286 g/mol. The molecule has 100 valence electrons. The summed E-state index contributed by atoms with van der Waals surface area (Å²) >= 11 is 1.46. The molecule has 1 N–H and O–H groups in total. The minimum Gasteiger partial charge on any atom is -0.455 e. The Morgan fingerprint density at radius 2 is 2.10 bits per heavy atom. The van der Waals surface area contributed by atoms with Gasteiger partial charge in [-0.15, -0.1) is 11.3 Å². The Kier molecular flexibility index (Phi) is 3.30. The predicted octanol–water partition coefficient (Wildman–Crippen LogP) is 2.34. The molecule has 2 aromatic heterocycles. The highest BCUT2D eigenvalue weighted by Gasteiger charge is 2.12. The lowest BCUT2D eigenvalue weighted by atomic mass is 10.3. The first kappa shape index (κ1) is 12.6. The van der Waals surface area contributed by atoms with Crippen LogP contribution in [0.5, 0.6) is 0 Å². The second-order valence-corrected chi connectivity index (χ2v) is 5.18. The summed E-state index contributed by atoms with van der Waals surface area (Å²) < 4.78 is 6.15. The smallest absolute Gasteiger partial charge is 0.344 e. The first-order chi connectivity index (χ1) is 9.74. The number of benzene rings is 1. The second kappa shape index (κ2) is 5.26. The summed E-state index contributed by atoms with van der Waals surface area (Å²) in [7, 11) is 0. The summed E-state index contributed by atoms with van der Waals surface area (Å²) in [4.78, 5) is 30.0. The molecule has 20 heavy (non-hydrogen) atoms. The van der Waals surface area contributed by atoms with Crippen molar-refractivity contribution in [1.82, 2.24) is 9.97 Å². The van der Waals surface area contributed by atoms with Crippen LogP contribution in [0.2, 0.25) is 0 Å². The van der Waals surface area contributed by atoms with Crippen molar-refractivity contribution in [3.05, 3.63) is 63.5 Å². The molecule has 0 radical (unpaired) electrons. The summed E-state index contributed by atoms with van der Waals surface area (Å²) in [5.41, 5.74) is 0.413. The number of thiazole rings is 1. The number of esters is 1. The number of nitrogens with one attached hydrogen (secondary N) is 1. The molecule has 0 unspecified atom stereocenters. The molecule has 0 aliphatic heterocycles. The van der Waals surface area contributed by atoms with E-state index in [9.17, 15) is 9.59 Å². The monoisotopic (exact) mass is 286 g/mol. The zero-order valence-electron chi connectivity index (χ0n) is 10.3. The molecule has 0 atom stereocenters. The van der Waals surface area contributed by atoms with Crippen molar-refractivity contribution in [1.29, 1.82) is 0 Å². The van der Waals surface area contributed by atoms with Gasteiger partial charge >= 0.3 is 5.97 Å². The Morgan fingerprint density at radius 3 is 2.90 bits per heavy atom. The summed E-state index contributed by atoms with van der Waals surface area (Å²) in [5.74, 6) is -0.647. The summed E-state index contributed by atoms with van der Waals surface area (Å²) in [6, 6.07) is 10.7. The lowest BCUT2D eigenvalue weighted by molar-refractivity contribution is 0.0470. The molecule has 3 rings (SSSR count). The normalized spacial score (nSPS) is 10.6. The minimum atomic E-state index is -0.647. The van der Waals surface area contributed by atoms with Gasteiger partial charge in [0, 0.05) is 6.20 Å². The van der Waals surface area contributed by atoms with Crippen molar-refractivity contribution in [2.45, 2.75) is 6.61 Å². The number of ether oxygens (including phenoxy) is 1. The molecule has 0 saturated carbocycles. The first-order valence-electron chi connectivity index (χ1n) is 5.93. The number of rotatable bonds is 3. The molecule has 0 fully saturated rings. The van der Waals surface area contributed by atoms with Crippen LogP contribution in [0.1, 0.15) is 15.4 Å². The molecule has 3 aromatic rings. The summed E-state index contributed by atoms with van der Waals surface area (Å²) in [6.45, 7) is 0.0620. The number of para-hydroxylation sites is 1. The number of hydrogen-bond donors (Lipinski definition) is 1. The van der Waals surface area contributed by atoms with Crippen LogP contribution in [0.3, 0.4) is 0 Å². The third-order valence-corrected chi connectivity index (χ3v) is 3.71. The van der Waals surface area contributed by atoms with Crippen LogP contribution in [0.25, 0.3) is 10.2 Å². The van der Waals surface area contributed by atoms with E-state index in [2.05, 4.69) is 9.97 Å². The lowest BCUT2D eigenvalue weighted by Crippen LogP contribution is -2.18. The molecule has 0 bridgehead atoms. The van der Waals surface area contributed by atoms with E-state index in [0.717, 1.165) is 10.2 Å². The number of aromatic amines is 1. The van der Waals surface area contributed by atoms with Crippen LogP contribution >= 0.6 is 11.3 Å². The Hall–Kier alpha value is -2.47. The summed E-state index contributed by atoms with van der Waals surface area (Å²) in [6.07, 6.45) is 1.46. The number of carbonyl (C=O) groups is 1. The predicted molar refractivity (Wildman–Crippen MR) is 75.8 cm³/mol. The Bertz CT molecular complexity index is 789. The zero-order valence-corrected chi connectivity index (χ0v) is 11.1. The van der Waals surface area contributed by atoms with E-state index >= 15 is 0 Å². The number of nitrogens with zero attached hydrogens (tertiary/aromatic N) is 1. The fourth-order valence-electron chi connectivity index (χ4n) is 1.77. The molecule has 0 aliphatic carbocycles. The van der Waals surface area contributed by atoms with Gasteiger partial charge in [0.2, 0.25) is 0 Å². The van der Waals surface area contributed by atoms with Crippen LogP contribution in [0.4, 0.5) is 0 Å². The highest BCUT2D eigenvalue weighted by Crippen LogP contribution is 2.22. The maximum Gasteiger partial charge on any atom is 0.344 e. The highest BCUT2D eigenvalue weighted by atomic mass is 32.1. The topological polar surface area (TPSA) is 72.0 Å². The largest absolute Gasteiger partial charge is 0.455 e. The number of carbonyl (C=O) groups excluding carboxylic acids is 1. The molecule has 0 aliphatic rings. The van der Waals surface area contributed by atoms with Gasteiger partial charge in [0.15, 0.2) is 0 Å². The van der Waals surface area contributed by atoms with Gasteiger partial charge in [-0.05, 0) is 24.3 Å². The quantitative estimate of drug-likeness (QED) is 0.750. The van der Waals surface area contributed by atoms with Crippen LogP contribution in [-0.2, 0) is 11.3 Å². The van der Waals surface area contributed by atoms with Gasteiger partial charge in [0.05, 0.1) is 10.2 Å². The van der Waals surface area contributed by atoms with Gasteiger partial charge in [-0.2, -0.15) is 0 Å². The van der Waals surface area contributed by atoms with Crippen LogP contribution in [-0.4, -0.2) is 15.9 Å². The molecule has 0 amide bonds. The molecule has 0 spiro atoms. The minimum absolute atomic E-state index is 0.00592. The molecule has 1 aromatic carbocycles. The fourth-order valence-corrected chi connectivity index (χ4v) is 2.65. The maximum absolute atomic E-state index is 11.8. The van der Waals surface area contributed by atoms with Crippen molar-refractivity contribution in [3.8, 4) is 0 Å². The average Bonchev–Trinajstić information content (AvgIpc) is 2.88. The summed E-state index contributed by atoms with van der Waals surface area (Å²) in [5, 5.41) is 0.701. The van der Waals surface area contributed by atoms with E-state index in [0.29, 0.717) is 5.01 Å². The van der Waals surface area contributed by atoms with Gasteiger partial charge in [0.25, 0.3) is 5.56 Å². The molecular weight excluding hydrogens is 276 g/mol. The Morgan fingerprint density at radius 1 is 1.25 bits per heavy atom. The van der Waals surface area contributed by atoms with Crippen LogP contribution < -0.4 is 5.56 Å². The van der Waals surface area contributed by atoms with Gasteiger partial charge < -0.3 is 9.72 Å². The molecule has 5 nitrogen and oxygen atoms in total. The van der Waals surface area contributed by atoms with Gasteiger partial charge in [-0.3, -0.25) is 4.79 Å². The van der Waals surface area contributed by atoms with Crippen molar-refractivity contribution in [2.24, 2.45) is 0 Å². The first-order valence-corrected chi connectivity index (χ1v) is 6.75. The van der Waals surface area contributed by atoms with Crippen molar-refractivity contribution in [2.75, 3.05) is 0 Å². The SMILES string of the molecule is O=C(OCc1nc2ccccc2s1)c1ccc[nH]c1=O. The van der Waals surface area contributed by atoms with E-state index in [1.165, 1.54) is 23.6 Å². The molecule has 6 heteroatoms. The molecular formula is C14H10N2O3S. The number of aromatic nitrogens is 2. The third-order valence-electron chi connectivity index (χ3n) is 2.70. The highest BCUT2D eigenvalue weighted by molar-refractivity contribution is 7.18.